The molecule has 0 aliphatic heterocycles. The van der Waals surface area contributed by atoms with Crippen molar-refractivity contribution in [2.24, 2.45) is 5.41 Å². The summed E-state index contributed by atoms with van der Waals surface area (Å²) in [7, 11) is -3.22. The summed E-state index contributed by atoms with van der Waals surface area (Å²) in [5, 5.41) is 0. The fraction of sp³-hybridized carbons (Fsp3) is 0.211. The Morgan fingerprint density at radius 3 is 2.22 bits per heavy atom. The van der Waals surface area contributed by atoms with Crippen LogP contribution in [0.5, 0.6) is 0 Å². The van der Waals surface area contributed by atoms with Crippen molar-refractivity contribution in [2.75, 3.05) is 6.26 Å². The summed E-state index contributed by atoms with van der Waals surface area (Å²) in [5.41, 5.74) is 4.50. The standard InChI is InChI=1S/C19H17NO2S/c1-23(21,22)15-7-8-18(20-13-15)17-12-19(9-10-19)11-16(17)14-5-3-2-4-6-14/h2-8,11-13H,9-10H2,1H3. The third-order valence-corrected chi connectivity index (χ3v) is 5.60. The van der Waals surface area contributed by atoms with Gasteiger partial charge in [-0.15, -0.1) is 0 Å². The SMILES string of the molecule is CS(=O)(=O)c1ccc(C2=CC3(C=C2c2ccccc2)CC3)nc1. The minimum atomic E-state index is -3.22. The number of rotatable bonds is 3. The van der Waals surface area contributed by atoms with Gasteiger partial charge >= 0.3 is 0 Å². The van der Waals surface area contributed by atoms with Gasteiger partial charge in [-0.2, -0.15) is 0 Å². The number of sulfone groups is 1. The molecular formula is C19H17NO2S. The van der Waals surface area contributed by atoms with E-state index in [1.54, 1.807) is 12.1 Å². The highest BCUT2D eigenvalue weighted by Crippen LogP contribution is 2.57. The van der Waals surface area contributed by atoms with E-state index in [0.29, 0.717) is 0 Å². The van der Waals surface area contributed by atoms with Crippen molar-refractivity contribution < 1.29 is 8.42 Å². The Kier molecular flexibility index (Phi) is 3.07. The Bertz CT molecular complexity index is 919. The zero-order valence-electron chi connectivity index (χ0n) is 12.9. The molecule has 1 aromatic carbocycles. The van der Waals surface area contributed by atoms with Crippen LogP contribution in [-0.4, -0.2) is 19.7 Å². The van der Waals surface area contributed by atoms with Crippen LogP contribution in [0.25, 0.3) is 11.1 Å². The number of pyridine rings is 1. The zero-order chi connectivity index (χ0) is 16.1. The molecule has 1 heterocycles. The summed E-state index contributed by atoms with van der Waals surface area (Å²) in [4.78, 5) is 4.66. The summed E-state index contributed by atoms with van der Waals surface area (Å²) < 4.78 is 23.2. The van der Waals surface area contributed by atoms with Gasteiger partial charge in [0.15, 0.2) is 9.84 Å². The molecule has 2 aliphatic carbocycles. The number of nitrogens with zero attached hydrogens (tertiary/aromatic N) is 1. The van der Waals surface area contributed by atoms with Crippen LogP contribution in [0.1, 0.15) is 24.1 Å². The second kappa shape index (κ2) is 4.90. The Labute approximate surface area is 136 Å². The summed E-state index contributed by atoms with van der Waals surface area (Å²) in [5.74, 6) is 0. The molecule has 1 fully saturated rings. The molecule has 4 rings (SSSR count). The average molecular weight is 323 g/mol. The van der Waals surface area contributed by atoms with E-state index in [1.165, 1.54) is 36.4 Å². The Morgan fingerprint density at radius 2 is 1.65 bits per heavy atom. The largest absolute Gasteiger partial charge is 0.255 e. The molecule has 1 aromatic heterocycles. The van der Waals surface area contributed by atoms with Crippen molar-refractivity contribution >= 4 is 21.0 Å². The number of aromatic nitrogens is 1. The first-order valence-electron chi connectivity index (χ1n) is 7.65. The monoisotopic (exact) mass is 323 g/mol. The van der Waals surface area contributed by atoms with Gasteiger partial charge in [0, 0.05) is 23.4 Å². The fourth-order valence-electron chi connectivity index (χ4n) is 3.03. The molecule has 0 amide bonds. The molecule has 3 nitrogen and oxygen atoms in total. The lowest BCUT2D eigenvalue weighted by Crippen LogP contribution is -1.99. The normalized spacial score (nSPS) is 18.7. The molecule has 0 radical (unpaired) electrons. The summed E-state index contributed by atoms with van der Waals surface area (Å²) >= 11 is 0. The highest BCUT2D eigenvalue weighted by atomic mass is 32.2. The van der Waals surface area contributed by atoms with E-state index in [4.69, 9.17) is 0 Å². The van der Waals surface area contributed by atoms with Crippen molar-refractivity contribution in [1.82, 2.24) is 4.98 Å². The number of hydrogen-bond donors (Lipinski definition) is 0. The van der Waals surface area contributed by atoms with E-state index in [1.807, 2.05) is 18.2 Å². The molecule has 0 saturated heterocycles. The average Bonchev–Trinajstić information content (AvgIpc) is 3.18. The van der Waals surface area contributed by atoms with Gasteiger partial charge in [-0.25, -0.2) is 8.42 Å². The molecule has 4 heteroatoms. The van der Waals surface area contributed by atoms with Crippen LogP contribution in [0, 0.1) is 5.41 Å². The molecule has 2 aliphatic rings. The van der Waals surface area contributed by atoms with E-state index in [9.17, 15) is 8.42 Å². The summed E-state index contributed by atoms with van der Waals surface area (Å²) in [6.45, 7) is 0. The highest BCUT2D eigenvalue weighted by molar-refractivity contribution is 7.90. The first-order valence-corrected chi connectivity index (χ1v) is 9.54. The van der Waals surface area contributed by atoms with E-state index < -0.39 is 9.84 Å². The minimum Gasteiger partial charge on any atom is -0.255 e. The van der Waals surface area contributed by atoms with Crippen molar-refractivity contribution in [2.45, 2.75) is 17.7 Å². The summed E-state index contributed by atoms with van der Waals surface area (Å²) in [6, 6.07) is 13.7. The predicted octanol–water partition coefficient (Wildman–Crippen LogP) is 3.75. The smallest absolute Gasteiger partial charge is 0.177 e. The highest BCUT2D eigenvalue weighted by Gasteiger charge is 2.43. The van der Waals surface area contributed by atoms with Gasteiger partial charge in [0.25, 0.3) is 0 Å². The minimum absolute atomic E-state index is 0.192. The van der Waals surface area contributed by atoms with Crippen molar-refractivity contribution in [3.05, 3.63) is 72.1 Å². The molecule has 0 bridgehead atoms. The predicted molar refractivity (Wildman–Crippen MR) is 91.4 cm³/mol. The topological polar surface area (TPSA) is 47.0 Å². The van der Waals surface area contributed by atoms with E-state index in [-0.39, 0.29) is 10.3 Å². The maximum atomic E-state index is 11.6. The van der Waals surface area contributed by atoms with Gasteiger partial charge in [0.1, 0.15) is 0 Å². The lowest BCUT2D eigenvalue weighted by Gasteiger charge is -2.09. The van der Waals surface area contributed by atoms with Crippen LogP contribution in [0.15, 0.2) is 65.7 Å². The van der Waals surface area contributed by atoms with Crippen molar-refractivity contribution in [3.63, 3.8) is 0 Å². The third-order valence-electron chi connectivity index (χ3n) is 4.51. The maximum absolute atomic E-state index is 11.6. The molecule has 1 spiro atoms. The number of benzene rings is 1. The maximum Gasteiger partial charge on any atom is 0.177 e. The van der Waals surface area contributed by atoms with Gasteiger partial charge in [-0.3, -0.25) is 4.98 Å². The van der Waals surface area contributed by atoms with Crippen LogP contribution < -0.4 is 0 Å². The first kappa shape index (κ1) is 14.4. The quantitative estimate of drug-likeness (QED) is 0.864. The molecule has 23 heavy (non-hydrogen) atoms. The Balaban J connectivity index is 1.77. The van der Waals surface area contributed by atoms with Crippen molar-refractivity contribution in [1.29, 1.82) is 0 Å². The lowest BCUT2D eigenvalue weighted by atomic mass is 9.98. The van der Waals surface area contributed by atoms with Crippen LogP contribution in [0.4, 0.5) is 0 Å². The van der Waals surface area contributed by atoms with E-state index in [2.05, 4.69) is 29.3 Å². The molecule has 1 saturated carbocycles. The molecule has 0 N–H and O–H groups in total. The molecular weight excluding hydrogens is 306 g/mol. The second-order valence-electron chi connectivity index (χ2n) is 6.37. The molecule has 0 unspecified atom stereocenters. The van der Waals surface area contributed by atoms with Gasteiger partial charge in [-0.1, -0.05) is 42.5 Å². The first-order chi connectivity index (χ1) is 11.0. The van der Waals surface area contributed by atoms with Crippen LogP contribution in [0.3, 0.4) is 0 Å². The zero-order valence-corrected chi connectivity index (χ0v) is 13.7. The number of allylic oxidation sites excluding steroid dienone is 4. The van der Waals surface area contributed by atoms with Crippen LogP contribution >= 0.6 is 0 Å². The number of hydrogen-bond acceptors (Lipinski definition) is 3. The fourth-order valence-corrected chi connectivity index (χ4v) is 3.59. The van der Waals surface area contributed by atoms with Gasteiger partial charge in [0.2, 0.25) is 0 Å². The van der Waals surface area contributed by atoms with Gasteiger partial charge in [0.05, 0.1) is 10.6 Å². The Morgan fingerprint density at radius 1 is 0.957 bits per heavy atom. The van der Waals surface area contributed by atoms with Gasteiger partial charge < -0.3 is 0 Å². The van der Waals surface area contributed by atoms with E-state index >= 15 is 0 Å². The van der Waals surface area contributed by atoms with Crippen molar-refractivity contribution in [3.8, 4) is 0 Å². The van der Waals surface area contributed by atoms with Gasteiger partial charge in [-0.05, 0) is 36.1 Å². The summed E-state index contributed by atoms with van der Waals surface area (Å²) in [6.07, 6.45) is 9.63. The van der Waals surface area contributed by atoms with E-state index in [0.717, 1.165) is 11.3 Å². The lowest BCUT2D eigenvalue weighted by molar-refractivity contribution is 0.601. The Hall–Kier alpha value is -2.20. The molecule has 0 atom stereocenters. The molecule has 116 valence electrons. The van der Waals surface area contributed by atoms with Crippen LogP contribution in [0.2, 0.25) is 0 Å². The third kappa shape index (κ3) is 2.63. The second-order valence-corrected chi connectivity index (χ2v) is 8.38. The van der Waals surface area contributed by atoms with Crippen LogP contribution in [-0.2, 0) is 9.84 Å². The molecule has 2 aromatic rings.